The van der Waals surface area contributed by atoms with Crippen LogP contribution in [0, 0.1) is 0 Å². The molecule has 2 amide bonds. The number of nitrogens with zero attached hydrogens (tertiary/aromatic N) is 3. The lowest BCUT2D eigenvalue weighted by atomic mass is 9.95. The molecule has 3 heterocycles. The van der Waals surface area contributed by atoms with E-state index in [-0.39, 0.29) is 18.2 Å². The van der Waals surface area contributed by atoms with Gasteiger partial charge in [-0.3, -0.25) is 4.79 Å². The van der Waals surface area contributed by atoms with Gasteiger partial charge >= 0.3 is 6.09 Å². The van der Waals surface area contributed by atoms with Crippen molar-refractivity contribution in [2.45, 2.75) is 77.0 Å². The number of hydrogen-bond acceptors (Lipinski definition) is 6. The number of methoxy groups -OCH3 is 1. The first-order valence-corrected chi connectivity index (χ1v) is 15.5. The topological polar surface area (TPSA) is 98.8 Å². The molecule has 0 unspecified atom stereocenters. The van der Waals surface area contributed by atoms with Crippen molar-refractivity contribution in [2.24, 2.45) is 0 Å². The molecule has 1 saturated heterocycles. The number of aryl methyl sites for hydroxylation is 1. The number of likely N-dealkylation sites (tertiary alicyclic amines) is 1. The van der Waals surface area contributed by atoms with Gasteiger partial charge in [0.15, 0.2) is 0 Å². The Hall–Kier alpha value is -4.11. The molecule has 0 radical (unpaired) electrons. The van der Waals surface area contributed by atoms with Crippen molar-refractivity contribution in [1.82, 2.24) is 19.8 Å². The van der Waals surface area contributed by atoms with Gasteiger partial charge in [0, 0.05) is 57.3 Å². The van der Waals surface area contributed by atoms with Gasteiger partial charge in [0.25, 0.3) is 0 Å². The van der Waals surface area contributed by atoms with Crippen LogP contribution in [-0.4, -0.2) is 64.9 Å². The third kappa shape index (κ3) is 8.08. The number of fused-ring (bicyclic) bond motifs is 1. The van der Waals surface area contributed by atoms with Gasteiger partial charge in [-0.05, 0) is 75.8 Å². The quantitative estimate of drug-likeness (QED) is 0.196. The molecule has 234 valence electrons. The summed E-state index contributed by atoms with van der Waals surface area (Å²) < 4.78 is 18.4. The molecule has 0 aliphatic carbocycles. The lowest BCUT2D eigenvalue weighted by molar-refractivity contribution is -0.132. The molecule has 0 saturated carbocycles. The number of furan rings is 1. The van der Waals surface area contributed by atoms with E-state index in [1.54, 1.807) is 19.6 Å². The van der Waals surface area contributed by atoms with E-state index in [9.17, 15) is 9.59 Å². The molecule has 1 N–H and O–H groups in total. The highest BCUT2D eigenvalue weighted by Gasteiger charge is 2.30. The van der Waals surface area contributed by atoms with Gasteiger partial charge < -0.3 is 28.7 Å². The van der Waals surface area contributed by atoms with Crippen LogP contribution in [0.15, 0.2) is 71.5 Å². The van der Waals surface area contributed by atoms with E-state index < -0.39 is 17.7 Å². The number of piperidine rings is 1. The molecule has 0 spiro atoms. The molecule has 2 aromatic heterocycles. The van der Waals surface area contributed by atoms with Gasteiger partial charge in [0.2, 0.25) is 5.91 Å². The zero-order chi connectivity index (χ0) is 31.1. The van der Waals surface area contributed by atoms with Gasteiger partial charge in [0.05, 0.1) is 23.6 Å². The van der Waals surface area contributed by atoms with Crippen molar-refractivity contribution in [1.29, 1.82) is 0 Å². The number of alkyl carbamates (subject to hydrolysis) is 1. The number of hydrogen-bond donors (Lipinski definition) is 1. The Balaban J connectivity index is 1.30. The van der Waals surface area contributed by atoms with E-state index in [2.05, 4.69) is 16.0 Å². The number of aromatic nitrogens is 2. The summed E-state index contributed by atoms with van der Waals surface area (Å²) in [7, 11) is 1.72. The number of amides is 2. The second-order valence-electron chi connectivity index (χ2n) is 12.6. The summed E-state index contributed by atoms with van der Waals surface area (Å²) in [5.74, 6) is 1.18. The van der Waals surface area contributed by atoms with Gasteiger partial charge in [-0.2, -0.15) is 0 Å². The lowest BCUT2D eigenvalue weighted by Crippen LogP contribution is -2.46. The monoisotopic (exact) mass is 600 g/mol. The molecule has 9 nitrogen and oxygen atoms in total. The lowest BCUT2D eigenvalue weighted by Gasteiger charge is -2.34. The minimum atomic E-state index is -0.639. The first-order valence-electron chi connectivity index (χ1n) is 15.5. The molecular weight excluding hydrogens is 556 g/mol. The van der Waals surface area contributed by atoms with Crippen LogP contribution in [0.2, 0.25) is 0 Å². The van der Waals surface area contributed by atoms with Gasteiger partial charge in [-0.15, -0.1) is 0 Å². The summed E-state index contributed by atoms with van der Waals surface area (Å²) in [6.45, 7) is 8.28. The molecule has 9 heteroatoms. The summed E-state index contributed by atoms with van der Waals surface area (Å²) in [5.41, 5.74) is 4.52. The van der Waals surface area contributed by atoms with Crippen LogP contribution in [0.4, 0.5) is 4.79 Å². The van der Waals surface area contributed by atoms with Crippen LogP contribution in [0.5, 0.6) is 0 Å². The third-order valence-corrected chi connectivity index (χ3v) is 7.99. The highest BCUT2D eigenvalue weighted by molar-refractivity contribution is 5.79. The predicted molar refractivity (Wildman–Crippen MR) is 170 cm³/mol. The average Bonchev–Trinajstić information content (AvgIpc) is 3.66. The summed E-state index contributed by atoms with van der Waals surface area (Å²) in [5, 5.41) is 2.98. The maximum atomic E-state index is 13.8. The van der Waals surface area contributed by atoms with Crippen molar-refractivity contribution in [2.75, 3.05) is 26.8 Å². The molecule has 2 aromatic carbocycles. The second-order valence-corrected chi connectivity index (χ2v) is 12.6. The van der Waals surface area contributed by atoms with Gasteiger partial charge in [-0.25, -0.2) is 9.78 Å². The molecule has 2 atom stereocenters. The maximum Gasteiger partial charge on any atom is 0.407 e. The summed E-state index contributed by atoms with van der Waals surface area (Å²) in [6, 6.07) is 17.8. The Kier molecular flexibility index (Phi) is 10.0. The Morgan fingerprint density at radius 3 is 2.61 bits per heavy atom. The highest BCUT2D eigenvalue weighted by Crippen LogP contribution is 2.30. The van der Waals surface area contributed by atoms with E-state index in [1.807, 2.05) is 74.2 Å². The Morgan fingerprint density at radius 1 is 1.09 bits per heavy atom. The second kappa shape index (κ2) is 14.1. The largest absolute Gasteiger partial charge is 0.472 e. The van der Waals surface area contributed by atoms with E-state index in [0.29, 0.717) is 26.1 Å². The number of para-hydroxylation sites is 2. The molecule has 1 aliphatic heterocycles. The Labute approximate surface area is 259 Å². The zero-order valence-corrected chi connectivity index (χ0v) is 26.3. The average molecular weight is 601 g/mol. The number of carbonyl (C=O) groups excluding carboxylic acids is 2. The zero-order valence-electron chi connectivity index (χ0n) is 26.3. The molecule has 1 fully saturated rings. The van der Waals surface area contributed by atoms with Crippen LogP contribution in [0.3, 0.4) is 0 Å². The van der Waals surface area contributed by atoms with Gasteiger partial charge in [0.1, 0.15) is 11.4 Å². The van der Waals surface area contributed by atoms with E-state index in [0.717, 1.165) is 59.4 Å². The predicted octanol–water partition coefficient (Wildman–Crippen LogP) is 6.56. The van der Waals surface area contributed by atoms with E-state index in [4.69, 9.17) is 18.9 Å². The molecule has 44 heavy (non-hydrogen) atoms. The fraction of sp³-hybridized carbons (Fsp3) is 0.457. The number of carbonyl (C=O) groups is 2. The van der Waals surface area contributed by atoms with Crippen LogP contribution in [0.25, 0.3) is 22.2 Å². The highest BCUT2D eigenvalue weighted by atomic mass is 16.6. The fourth-order valence-corrected chi connectivity index (χ4v) is 5.96. The van der Waals surface area contributed by atoms with Crippen molar-refractivity contribution >= 4 is 23.0 Å². The smallest absolute Gasteiger partial charge is 0.407 e. The van der Waals surface area contributed by atoms with E-state index in [1.165, 1.54) is 0 Å². The number of rotatable bonds is 11. The number of benzene rings is 2. The minimum absolute atomic E-state index is 0.0211. The van der Waals surface area contributed by atoms with Crippen LogP contribution >= 0.6 is 0 Å². The van der Waals surface area contributed by atoms with Crippen LogP contribution in [0.1, 0.15) is 63.8 Å². The Bertz CT molecular complexity index is 1520. The van der Waals surface area contributed by atoms with Crippen molar-refractivity contribution < 1.29 is 23.5 Å². The minimum Gasteiger partial charge on any atom is -0.472 e. The van der Waals surface area contributed by atoms with Gasteiger partial charge in [-0.1, -0.05) is 36.4 Å². The first-order chi connectivity index (χ1) is 21.2. The number of nitrogens with one attached hydrogen (secondary N) is 1. The van der Waals surface area contributed by atoms with Crippen LogP contribution in [-0.2, 0) is 27.2 Å². The number of ether oxygens (including phenoxy) is 2. The maximum absolute atomic E-state index is 13.8. The fourth-order valence-electron chi connectivity index (χ4n) is 5.96. The summed E-state index contributed by atoms with van der Waals surface area (Å²) in [4.78, 5) is 33.6. The van der Waals surface area contributed by atoms with Crippen molar-refractivity contribution in [3.8, 4) is 11.1 Å². The van der Waals surface area contributed by atoms with Crippen LogP contribution < -0.4 is 5.32 Å². The number of imidazole rings is 1. The molecule has 5 rings (SSSR count). The normalized spacial score (nSPS) is 16.2. The molecular formula is C35H44N4O5. The third-order valence-electron chi connectivity index (χ3n) is 7.99. The summed E-state index contributed by atoms with van der Waals surface area (Å²) in [6.07, 6.45) is 6.28. The summed E-state index contributed by atoms with van der Waals surface area (Å²) >= 11 is 0. The standard InChI is InChI=1S/C35H44N4O5/c1-35(2,3)44-34(41)36-29(21-25-12-14-26(15-13-25)28-16-20-43-24-28)22-32(40)38-17-7-9-27(23-38)33-37-30-10-5-6-11-31(30)39(33)18-8-19-42-4/h5-6,10-16,20,24,27,29H,7-9,17-19,21-23H2,1-4H3,(H,36,41)/t27-,29-/m1/s1. The molecule has 4 aromatic rings. The van der Waals surface area contributed by atoms with E-state index >= 15 is 0 Å². The van der Waals surface area contributed by atoms with Crippen molar-refractivity contribution in [3.05, 3.63) is 78.5 Å². The first kappa shape index (κ1) is 31.3. The van der Waals surface area contributed by atoms with Crippen molar-refractivity contribution in [3.63, 3.8) is 0 Å². The SMILES string of the molecule is COCCCn1c([C@@H]2CCCN(C(=O)C[C@@H](Cc3ccc(-c4ccoc4)cc3)NC(=O)OC(C)(C)C)C2)nc2ccccc21. The molecule has 1 aliphatic rings. The Morgan fingerprint density at radius 2 is 1.89 bits per heavy atom. The molecule has 0 bridgehead atoms.